The molecule has 0 fully saturated rings. The Kier molecular flexibility index (Phi) is 5.48. The van der Waals surface area contributed by atoms with Crippen LogP contribution >= 0.6 is 11.6 Å². The molecular formula is C14H17ClN2O5. The maximum Gasteiger partial charge on any atom is 0.325 e. The summed E-state index contributed by atoms with van der Waals surface area (Å²) in [5, 5.41) is 11.3. The van der Waals surface area contributed by atoms with Crippen LogP contribution in [0.5, 0.6) is 0 Å². The Bertz CT molecular complexity index is 610. The monoisotopic (exact) mass is 328 g/mol. The summed E-state index contributed by atoms with van der Waals surface area (Å²) in [7, 11) is 1.20. The first-order valence-corrected chi connectivity index (χ1v) is 6.78. The van der Waals surface area contributed by atoms with E-state index >= 15 is 0 Å². The van der Waals surface area contributed by atoms with Crippen molar-refractivity contribution in [2.24, 2.45) is 0 Å². The quantitative estimate of drug-likeness (QED) is 0.481. The van der Waals surface area contributed by atoms with E-state index in [1.54, 1.807) is 20.8 Å². The van der Waals surface area contributed by atoms with Crippen LogP contribution in [0.3, 0.4) is 0 Å². The molecule has 0 spiro atoms. The maximum absolute atomic E-state index is 12.7. The Hall–Kier alpha value is -2.15. The number of nitrogens with zero attached hydrogens (tertiary/aromatic N) is 2. The number of rotatable bonds is 4. The smallest absolute Gasteiger partial charge is 0.325 e. The fourth-order valence-electron chi connectivity index (χ4n) is 1.79. The lowest BCUT2D eigenvalue weighted by Crippen LogP contribution is -2.48. The number of carbonyl (C=O) groups excluding carboxylic acids is 2. The number of methoxy groups -OCH3 is 1. The maximum atomic E-state index is 12.7. The van der Waals surface area contributed by atoms with Gasteiger partial charge >= 0.3 is 5.97 Å². The average Bonchev–Trinajstić information content (AvgIpc) is 2.41. The van der Waals surface area contributed by atoms with Gasteiger partial charge in [-0.05, 0) is 32.9 Å². The molecule has 0 N–H and O–H groups in total. The number of hydrogen-bond donors (Lipinski definition) is 0. The van der Waals surface area contributed by atoms with Crippen LogP contribution in [0.1, 0.15) is 31.1 Å². The number of benzene rings is 1. The summed E-state index contributed by atoms with van der Waals surface area (Å²) in [5.74, 6) is -1.28. The van der Waals surface area contributed by atoms with Gasteiger partial charge in [0.15, 0.2) is 0 Å². The van der Waals surface area contributed by atoms with Crippen molar-refractivity contribution in [3.05, 3.63) is 38.9 Å². The Labute approximate surface area is 133 Å². The largest absolute Gasteiger partial charge is 0.468 e. The van der Waals surface area contributed by atoms with E-state index in [4.69, 9.17) is 11.6 Å². The second kappa shape index (κ2) is 6.74. The minimum absolute atomic E-state index is 0.170. The van der Waals surface area contributed by atoms with Crippen LogP contribution in [0.15, 0.2) is 18.2 Å². The Morgan fingerprint density at radius 2 is 1.95 bits per heavy atom. The van der Waals surface area contributed by atoms with E-state index < -0.39 is 22.3 Å². The molecule has 22 heavy (non-hydrogen) atoms. The second-order valence-electron chi connectivity index (χ2n) is 5.56. The minimum Gasteiger partial charge on any atom is -0.468 e. The van der Waals surface area contributed by atoms with Crippen LogP contribution in [0.25, 0.3) is 0 Å². The van der Waals surface area contributed by atoms with Gasteiger partial charge in [-0.25, -0.2) is 0 Å². The van der Waals surface area contributed by atoms with Gasteiger partial charge in [-0.2, -0.15) is 0 Å². The molecule has 0 aromatic heterocycles. The van der Waals surface area contributed by atoms with Crippen molar-refractivity contribution < 1.29 is 19.2 Å². The molecule has 0 unspecified atom stereocenters. The molecule has 0 atom stereocenters. The minimum atomic E-state index is -0.735. The van der Waals surface area contributed by atoms with Gasteiger partial charge in [0.05, 0.1) is 12.0 Å². The van der Waals surface area contributed by atoms with Crippen LogP contribution < -0.4 is 0 Å². The van der Waals surface area contributed by atoms with E-state index in [-0.39, 0.29) is 22.8 Å². The third kappa shape index (κ3) is 4.17. The van der Waals surface area contributed by atoms with Crippen molar-refractivity contribution in [2.75, 3.05) is 13.7 Å². The Balaban J connectivity index is 3.33. The Morgan fingerprint density at radius 3 is 2.41 bits per heavy atom. The molecule has 0 aliphatic heterocycles. The summed E-state index contributed by atoms with van der Waals surface area (Å²) in [4.78, 5) is 35.8. The summed E-state index contributed by atoms with van der Waals surface area (Å²) in [6.07, 6.45) is 0. The number of hydrogen-bond acceptors (Lipinski definition) is 5. The molecule has 1 aromatic carbocycles. The lowest BCUT2D eigenvalue weighted by atomic mass is 10.0. The third-order valence-electron chi connectivity index (χ3n) is 2.96. The number of ether oxygens (including phenoxy) is 1. The zero-order valence-electron chi connectivity index (χ0n) is 12.8. The van der Waals surface area contributed by atoms with E-state index in [0.29, 0.717) is 0 Å². The molecule has 8 heteroatoms. The normalized spacial score (nSPS) is 11.0. The van der Waals surface area contributed by atoms with E-state index in [1.165, 1.54) is 24.1 Å². The highest BCUT2D eigenvalue weighted by Gasteiger charge is 2.33. The average molecular weight is 329 g/mol. The van der Waals surface area contributed by atoms with E-state index in [0.717, 1.165) is 6.07 Å². The molecule has 0 heterocycles. The van der Waals surface area contributed by atoms with Gasteiger partial charge < -0.3 is 9.64 Å². The first-order chi connectivity index (χ1) is 10.1. The van der Waals surface area contributed by atoms with Gasteiger partial charge in [0, 0.05) is 16.6 Å². The van der Waals surface area contributed by atoms with Gasteiger partial charge in [0.25, 0.3) is 11.6 Å². The lowest BCUT2D eigenvalue weighted by molar-refractivity contribution is -0.385. The van der Waals surface area contributed by atoms with Crippen molar-refractivity contribution in [3.8, 4) is 0 Å². The summed E-state index contributed by atoms with van der Waals surface area (Å²) in [6, 6.07) is 3.71. The number of nitro benzene ring substituents is 1. The van der Waals surface area contributed by atoms with Gasteiger partial charge in [-0.15, -0.1) is 0 Å². The zero-order valence-corrected chi connectivity index (χ0v) is 13.5. The molecule has 7 nitrogen and oxygen atoms in total. The summed E-state index contributed by atoms with van der Waals surface area (Å²) in [6.45, 7) is 4.82. The highest BCUT2D eigenvalue weighted by molar-refractivity contribution is 6.31. The standard InChI is InChI=1S/C14H17ClN2O5/c1-14(2,3)16(8-12(18)22-4)13(19)10-7-9(15)5-6-11(10)17(20)21/h5-7H,8H2,1-4H3. The first-order valence-electron chi connectivity index (χ1n) is 6.40. The van der Waals surface area contributed by atoms with Gasteiger partial charge in [0.1, 0.15) is 12.1 Å². The predicted octanol–water partition coefficient (Wildman–Crippen LogP) is 2.66. The number of halogens is 1. The lowest BCUT2D eigenvalue weighted by Gasteiger charge is -2.34. The molecule has 0 aliphatic carbocycles. The summed E-state index contributed by atoms with van der Waals surface area (Å²) >= 11 is 5.83. The number of amides is 1. The highest BCUT2D eigenvalue weighted by Crippen LogP contribution is 2.26. The van der Waals surface area contributed by atoms with Gasteiger partial charge in [0.2, 0.25) is 0 Å². The van der Waals surface area contributed by atoms with E-state index in [2.05, 4.69) is 4.74 Å². The van der Waals surface area contributed by atoms with Crippen LogP contribution in [-0.2, 0) is 9.53 Å². The van der Waals surface area contributed by atoms with Gasteiger partial charge in [-0.3, -0.25) is 19.7 Å². The SMILES string of the molecule is COC(=O)CN(C(=O)c1cc(Cl)ccc1[N+](=O)[O-])C(C)(C)C. The molecule has 120 valence electrons. The predicted molar refractivity (Wildman–Crippen MR) is 80.9 cm³/mol. The van der Waals surface area contributed by atoms with E-state index in [1.807, 2.05) is 0 Å². The first kappa shape index (κ1) is 17.9. The number of esters is 1. The van der Waals surface area contributed by atoms with Crippen LogP contribution in [-0.4, -0.2) is 40.9 Å². The number of carbonyl (C=O) groups is 2. The van der Waals surface area contributed by atoms with Crippen LogP contribution in [0.2, 0.25) is 5.02 Å². The molecule has 0 aliphatic rings. The molecular weight excluding hydrogens is 312 g/mol. The van der Waals surface area contributed by atoms with Crippen molar-refractivity contribution in [3.63, 3.8) is 0 Å². The molecule has 1 aromatic rings. The van der Waals surface area contributed by atoms with Crippen molar-refractivity contribution in [2.45, 2.75) is 26.3 Å². The van der Waals surface area contributed by atoms with Crippen molar-refractivity contribution >= 4 is 29.2 Å². The van der Waals surface area contributed by atoms with Crippen LogP contribution in [0.4, 0.5) is 5.69 Å². The molecule has 1 rings (SSSR count). The summed E-state index contributed by atoms with van der Waals surface area (Å²) < 4.78 is 4.57. The Morgan fingerprint density at radius 1 is 1.36 bits per heavy atom. The van der Waals surface area contributed by atoms with Crippen LogP contribution in [0, 0.1) is 10.1 Å². The fourth-order valence-corrected chi connectivity index (χ4v) is 1.96. The molecule has 0 saturated heterocycles. The highest BCUT2D eigenvalue weighted by atomic mass is 35.5. The van der Waals surface area contributed by atoms with Crippen molar-refractivity contribution in [1.29, 1.82) is 0 Å². The number of nitro groups is 1. The summed E-state index contributed by atoms with van der Waals surface area (Å²) in [5.41, 5.74) is -1.27. The molecule has 1 amide bonds. The third-order valence-corrected chi connectivity index (χ3v) is 3.19. The van der Waals surface area contributed by atoms with E-state index in [9.17, 15) is 19.7 Å². The topological polar surface area (TPSA) is 89.8 Å². The molecule has 0 bridgehead atoms. The van der Waals surface area contributed by atoms with Crippen molar-refractivity contribution in [1.82, 2.24) is 4.90 Å². The zero-order chi connectivity index (χ0) is 17.1. The molecule has 0 saturated carbocycles. The van der Waals surface area contributed by atoms with Gasteiger partial charge in [-0.1, -0.05) is 11.6 Å². The fraction of sp³-hybridized carbons (Fsp3) is 0.429. The molecule has 0 radical (unpaired) electrons. The second-order valence-corrected chi connectivity index (χ2v) is 5.99.